The highest BCUT2D eigenvalue weighted by molar-refractivity contribution is 6.29. The summed E-state index contributed by atoms with van der Waals surface area (Å²) in [6.45, 7) is 5.05. The van der Waals surface area contributed by atoms with E-state index in [1.54, 1.807) is 12.3 Å². The first-order valence-corrected chi connectivity index (χ1v) is 7.18. The summed E-state index contributed by atoms with van der Waals surface area (Å²) in [5, 5.41) is 5.04. The molecule has 108 valence electrons. The van der Waals surface area contributed by atoms with E-state index in [0.29, 0.717) is 5.15 Å². The van der Waals surface area contributed by atoms with Crippen molar-refractivity contribution in [3.05, 3.63) is 46.5 Å². The minimum absolute atomic E-state index is 0.00790. The van der Waals surface area contributed by atoms with Gasteiger partial charge in [0.1, 0.15) is 5.15 Å². The second kappa shape index (κ2) is 6.83. The fourth-order valence-electron chi connectivity index (χ4n) is 2.20. The number of nitrogens with one attached hydrogen (secondary N) is 1. The van der Waals surface area contributed by atoms with Crippen LogP contribution in [0.25, 0.3) is 0 Å². The molecule has 0 amide bonds. The Balaban J connectivity index is 2.21. The molecule has 0 bridgehead atoms. The third-order valence-corrected chi connectivity index (χ3v) is 3.57. The number of hydrogen-bond donors (Lipinski definition) is 2. The van der Waals surface area contributed by atoms with Gasteiger partial charge in [-0.1, -0.05) is 24.6 Å². The zero-order valence-corrected chi connectivity index (χ0v) is 12.6. The van der Waals surface area contributed by atoms with E-state index in [1.807, 2.05) is 10.7 Å². The highest BCUT2D eigenvalue weighted by Gasteiger charge is 2.15. The number of aromatic nitrogens is 3. The Morgan fingerprint density at radius 3 is 2.75 bits per heavy atom. The van der Waals surface area contributed by atoms with Crippen LogP contribution in [0, 0.1) is 0 Å². The summed E-state index contributed by atoms with van der Waals surface area (Å²) in [4.78, 5) is 4.10. The van der Waals surface area contributed by atoms with Crippen molar-refractivity contribution in [2.75, 3.05) is 0 Å². The normalized spacial score (nSPS) is 12.6. The predicted octanol–water partition coefficient (Wildman–Crippen LogP) is 2.26. The number of pyridine rings is 1. The first-order chi connectivity index (χ1) is 9.67. The topological polar surface area (TPSA) is 68.8 Å². The third kappa shape index (κ3) is 3.36. The zero-order valence-electron chi connectivity index (χ0n) is 11.8. The van der Waals surface area contributed by atoms with E-state index in [9.17, 15) is 0 Å². The van der Waals surface area contributed by atoms with Crippen LogP contribution in [0.2, 0.25) is 5.15 Å². The lowest BCUT2D eigenvalue weighted by molar-refractivity contribution is 0.515. The standard InChI is InChI=1S/C14H20ClN5/c1-3-11-7-12(20(4-2)19-11)8-13(18-16)10-5-6-14(15)17-9-10/h5-7,9,13,18H,3-4,8,16H2,1-2H3. The first-order valence-electron chi connectivity index (χ1n) is 6.81. The maximum absolute atomic E-state index is 5.81. The van der Waals surface area contributed by atoms with Crippen LogP contribution in [0.4, 0.5) is 0 Å². The summed E-state index contributed by atoms with van der Waals surface area (Å²) in [6, 6.07) is 5.84. The fraction of sp³-hybridized carbons (Fsp3) is 0.429. The number of nitrogens with zero attached hydrogens (tertiary/aromatic N) is 3. The van der Waals surface area contributed by atoms with Crippen molar-refractivity contribution >= 4 is 11.6 Å². The number of rotatable bonds is 6. The molecule has 6 heteroatoms. The summed E-state index contributed by atoms with van der Waals surface area (Å²) in [7, 11) is 0. The largest absolute Gasteiger partial charge is 0.271 e. The van der Waals surface area contributed by atoms with Gasteiger partial charge < -0.3 is 0 Å². The highest BCUT2D eigenvalue weighted by Crippen LogP contribution is 2.19. The first kappa shape index (κ1) is 15.0. The second-order valence-electron chi connectivity index (χ2n) is 4.63. The molecular weight excluding hydrogens is 274 g/mol. The fourth-order valence-corrected chi connectivity index (χ4v) is 2.31. The molecular formula is C14H20ClN5. The van der Waals surface area contributed by atoms with Gasteiger partial charge in [0.25, 0.3) is 0 Å². The van der Waals surface area contributed by atoms with Crippen molar-refractivity contribution in [2.45, 2.75) is 39.3 Å². The smallest absolute Gasteiger partial charge is 0.129 e. The second-order valence-corrected chi connectivity index (χ2v) is 5.02. The van der Waals surface area contributed by atoms with Crippen molar-refractivity contribution in [3.8, 4) is 0 Å². The van der Waals surface area contributed by atoms with Gasteiger partial charge in [0, 0.05) is 24.9 Å². The van der Waals surface area contributed by atoms with Gasteiger partial charge in [0.05, 0.1) is 11.7 Å². The average Bonchev–Trinajstić information content (AvgIpc) is 2.88. The van der Waals surface area contributed by atoms with Crippen molar-refractivity contribution in [2.24, 2.45) is 5.84 Å². The quantitative estimate of drug-likeness (QED) is 0.487. The lowest BCUT2D eigenvalue weighted by Gasteiger charge is -2.16. The number of aryl methyl sites for hydroxylation is 2. The highest BCUT2D eigenvalue weighted by atomic mass is 35.5. The average molecular weight is 294 g/mol. The molecule has 0 aromatic carbocycles. The van der Waals surface area contributed by atoms with E-state index in [-0.39, 0.29) is 6.04 Å². The van der Waals surface area contributed by atoms with Gasteiger partial charge in [-0.05, 0) is 31.0 Å². The number of hydrogen-bond acceptors (Lipinski definition) is 4. The Hall–Kier alpha value is -1.43. The van der Waals surface area contributed by atoms with Crippen LogP contribution in [0.15, 0.2) is 24.4 Å². The molecule has 0 fully saturated rings. The van der Waals surface area contributed by atoms with Gasteiger partial charge in [-0.25, -0.2) is 4.98 Å². The van der Waals surface area contributed by atoms with E-state index in [1.165, 1.54) is 5.69 Å². The molecule has 0 aliphatic rings. The molecule has 20 heavy (non-hydrogen) atoms. The summed E-state index contributed by atoms with van der Waals surface area (Å²) in [6.07, 6.45) is 3.45. The molecule has 2 rings (SSSR count). The van der Waals surface area contributed by atoms with E-state index >= 15 is 0 Å². The molecule has 0 saturated carbocycles. The van der Waals surface area contributed by atoms with Crippen LogP contribution >= 0.6 is 11.6 Å². The molecule has 1 unspecified atom stereocenters. The van der Waals surface area contributed by atoms with Gasteiger partial charge in [-0.3, -0.25) is 16.0 Å². The van der Waals surface area contributed by atoms with Crippen LogP contribution < -0.4 is 11.3 Å². The maximum Gasteiger partial charge on any atom is 0.129 e. The summed E-state index contributed by atoms with van der Waals surface area (Å²) in [5.74, 6) is 5.68. The predicted molar refractivity (Wildman–Crippen MR) is 80.3 cm³/mol. The molecule has 5 nitrogen and oxygen atoms in total. The van der Waals surface area contributed by atoms with Crippen molar-refractivity contribution in [3.63, 3.8) is 0 Å². The van der Waals surface area contributed by atoms with Crippen LogP contribution in [0.1, 0.15) is 36.8 Å². The van der Waals surface area contributed by atoms with Crippen molar-refractivity contribution in [1.82, 2.24) is 20.2 Å². The summed E-state index contributed by atoms with van der Waals surface area (Å²) in [5.41, 5.74) is 6.13. The van der Waals surface area contributed by atoms with Gasteiger partial charge in [0.15, 0.2) is 0 Å². The Kier molecular flexibility index (Phi) is 5.11. The van der Waals surface area contributed by atoms with E-state index in [4.69, 9.17) is 17.4 Å². The van der Waals surface area contributed by atoms with Crippen LogP contribution in [0.5, 0.6) is 0 Å². The van der Waals surface area contributed by atoms with Crippen molar-refractivity contribution in [1.29, 1.82) is 0 Å². The van der Waals surface area contributed by atoms with E-state index in [2.05, 4.69) is 35.4 Å². The maximum atomic E-state index is 5.81. The Labute approximate surface area is 124 Å². The Bertz CT molecular complexity index is 549. The molecule has 0 spiro atoms. The van der Waals surface area contributed by atoms with E-state index in [0.717, 1.165) is 30.6 Å². The molecule has 0 aliphatic heterocycles. The van der Waals surface area contributed by atoms with Gasteiger partial charge in [0.2, 0.25) is 0 Å². The summed E-state index contributed by atoms with van der Waals surface area (Å²) >= 11 is 5.81. The third-order valence-electron chi connectivity index (χ3n) is 3.34. The van der Waals surface area contributed by atoms with Crippen LogP contribution in [-0.2, 0) is 19.4 Å². The molecule has 0 saturated heterocycles. The molecule has 0 radical (unpaired) electrons. The lowest BCUT2D eigenvalue weighted by atomic mass is 10.0. The minimum atomic E-state index is -0.00790. The molecule has 3 N–H and O–H groups in total. The molecule has 1 atom stereocenters. The van der Waals surface area contributed by atoms with Gasteiger partial charge >= 0.3 is 0 Å². The minimum Gasteiger partial charge on any atom is -0.271 e. The number of halogens is 1. The van der Waals surface area contributed by atoms with Crippen molar-refractivity contribution < 1.29 is 0 Å². The Morgan fingerprint density at radius 1 is 1.40 bits per heavy atom. The number of nitrogens with two attached hydrogens (primary N) is 1. The zero-order chi connectivity index (χ0) is 14.5. The lowest BCUT2D eigenvalue weighted by Crippen LogP contribution is -2.30. The van der Waals surface area contributed by atoms with E-state index < -0.39 is 0 Å². The van der Waals surface area contributed by atoms with Gasteiger partial charge in [-0.15, -0.1) is 0 Å². The molecule has 2 aromatic heterocycles. The monoisotopic (exact) mass is 293 g/mol. The van der Waals surface area contributed by atoms with Gasteiger partial charge in [-0.2, -0.15) is 5.10 Å². The summed E-state index contributed by atoms with van der Waals surface area (Å²) < 4.78 is 2.02. The molecule has 2 heterocycles. The molecule has 2 aromatic rings. The molecule has 0 aliphatic carbocycles. The van der Waals surface area contributed by atoms with Crippen LogP contribution in [-0.4, -0.2) is 14.8 Å². The number of hydrazine groups is 1. The Morgan fingerprint density at radius 2 is 2.20 bits per heavy atom. The van der Waals surface area contributed by atoms with Crippen LogP contribution in [0.3, 0.4) is 0 Å². The SMILES string of the molecule is CCc1cc(CC(NN)c2ccc(Cl)nc2)n(CC)n1.